The Morgan fingerprint density at radius 1 is 1.04 bits per heavy atom. The third kappa shape index (κ3) is 3.55. The fraction of sp³-hybridized carbons (Fsp3) is 0.158. The number of hydrogen-bond acceptors (Lipinski definition) is 3. The van der Waals surface area contributed by atoms with Gasteiger partial charge in [-0.2, -0.15) is 0 Å². The van der Waals surface area contributed by atoms with Crippen LogP contribution in [0, 0.1) is 23.3 Å². The Morgan fingerprint density at radius 3 is 2.41 bits per heavy atom. The quantitative estimate of drug-likeness (QED) is 0.512. The Morgan fingerprint density at radius 2 is 1.74 bits per heavy atom. The van der Waals surface area contributed by atoms with Gasteiger partial charge in [0.25, 0.3) is 0 Å². The Balaban J connectivity index is 2.25. The van der Waals surface area contributed by atoms with Crippen LogP contribution in [0.4, 0.5) is 17.6 Å². The second kappa shape index (κ2) is 7.22. The number of aromatic nitrogens is 1. The Hall–Kier alpha value is -3.16. The lowest BCUT2D eigenvalue weighted by atomic mass is 10.1. The molecule has 0 unspecified atom stereocenters. The van der Waals surface area contributed by atoms with Crippen LogP contribution >= 0.6 is 0 Å². The minimum atomic E-state index is -1.26. The standard InChI is InChI=1S/C19H13F4NO3/c1-2-27-19(26)13-9-24(8-10-3-4-11(20)5-14(10)21)17-7-16(23)15(22)6-12(17)18(13)25/h3-7,9H,2,8H2,1H3. The molecule has 3 rings (SSSR count). The normalized spacial score (nSPS) is 11.0. The molecule has 0 saturated heterocycles. The van der Waals surface area contributed by atoms with Crippen molar-refractivity contribution in [3.05, 3.63) is 81.1 Å². The maximum atomic E-state index is 14.0. The Bertz CT molecular complexity index is 1110. The lowest BCUT2D eigenvalue weighted by molar-refractivity contribution is 0.0524. The number of esters is 1. The first kappa shape index (κ1) is 18.6. The van der Waals surface area contributed by atoms with E-state index in [1.54, 1.807) is 6.92 Å². The number of rotatable bonds is 4. The minimum absolute atomic E-state index is 0.000674. The van der Waals surface area contributed by atoms with Crippen molar-refractivity contribution in [1.29, 1.82) is 0 Å². The van der Waals surface area contributed by atoms with Crippen molar-refractivity contribution in [1.82, 2.24) is 4.57 Å². The van der Waals surface area contributed by atoms with Crippen LogP contribution in [0.5, 0.6) is 0 Å². The molecule has 0 aliphatic heterocycles. The van der Waals surface area contributed by atoms with E-state index < -0.39 is 40.2 Å². The summed E-state index contributed by atoms with van der Waals surface area (Å²) in [7, 11) is 0. The molecular formula is C19H13F4NO3. The highest BCUT2D eigenvalue weighted by Crippen LogP contribution is 2.20. The van der Waals surface area contributed by atoms with Crippen molar-refractivity contribution in [3.63, 3.8) is 0 Å². The molecule has 0 fully saturated rings. The molecule has 2 aromatic carbocycles. The van der Waals surface area contributed by atoms with Crippen molar-refractivity contribution in [2.45, 2.75) is 13.5 Å². The monoisotopic (exact) mass is 379 g/mol. The van der Waals surface area contributed by atoms with Gasteiger partial charge in [0.1, 0.15) is 17.2 Å². The molecule has 0 spiro atoms. The van der Waals surface area contributed by atoms with Crippen molar-refractivity contribution in [3.8, 4) is 0 Å². The van der Waals surface area contributed by atoms with E-state index in [-0.39, 0.29) is 29.6 Å². The SMILES string of the molecule is CCOC(=O)c1cn(Cc2ccc(F)cc2F)c2cc(F)c(F)cc2c1=O. The van der Waals surface area contributed by atoms with Crippen LogP contribution in [-0.2, 0) is 11.3 Å². The number of halogens is 4. The molecule has 1 heterocycles. The molecule has 140 valence electrons. The van der Waals surface area contributed by atoms with E-state index in [9.17, 15) is 27.2 Å². The number of nitrogens with zero attached hydrogens (tertiary/aromatic N) is 1. The summed E-state index contributed by atoms with van der Waals surface area (Å²) < 4.78 is 60.5. The van der Waals surface area contributed by atoms with Gasteiger partial charge in [-0.25, -0.2) is 22.4 Å². The number of hydrogen-bond donors (Lipinski definition) is 0. The van der Waals surface area contributed by atoms with Gasteiger partial charge in [0, 0.05) is 29.3 Å². The minimum Gasteiger partial charge on any atom is -0.462 e. The summed E-state index contributed by atoms with van der Waals surface area (Å²) in [5, 5.41) is -0.262. The lowest BCUT2D eigenvalue weighted by Gasteiger charge is -2.14. The summed E-state index contributed by atoms with van der Waals surface area (Å²) in [6.07, 6.45) is 1.09. The van der Waals surface area contributed by atoms with E-state index in [0.717, 1.165) is 18.3 Å². The predicted molar refractivity (Wildman–Crippen MR) is 89.5 cm³/mol. The van der Waals surface area contributed by atoms with Crippen molar-refractivity contribution in [2.75, 3.05) is 6.61 Å². The second-order valence-corrected chi connectivity index (χ2v) is 5.74. The van der Waals surface area contributed by atoms with Crippen LogP contribution in [0.2, 0.25) is 0 Å². The van der Waals surface area contributed by atoms with Crippen molar-refractivity contribution < 1.29 is 27.1 Å². The topological polar surface area (TPSA) is 48.3 Å². The molecule has 0 bridgehead atoms. The average molecular weight is 379 g/mol. The van der Waals surface area contributed by atoms with Crippen LogP contribution in [0.15, 0.2) is 41.3 Å². The van der Waals surface area contributed by atoms with Crippen LogP contribution in [-0.4, -0.2) is 17.1 Å². The predicted octanol–water partition coefficient (Wildman–Crippen LogP) is 3.78. The highest BCUT2D eigenvalue weighted by Gasteiger charge is 2.19. The fourth-order valence-electron chi connectivity index (χ4n) is 2.70. The molecule has 0 aliphatic rings. The van der Waals surface area contributed by atoms with E-state index >= 15 is 0 Å². The summed E-state index contributed by atoms with van der Waals surface area (Å²) >= 11 is 0. The summed E-state index contributed by atoms with van der Waals surface area (Å²) in [5.74, 6) is -5.05. The number of carbonyl (C=O) groups excluding carboxylic acids is 1. The average Bonchev–Trinajstić information content (AvgIpc) is 2.61. The van der Waals surface area contributed by atoms with Gasteiger partial charge in [-0.1, -0.05) is 6.07 Å². The first-order chi connectivity index (χ1) is 12.8. The maximum absolute atomic E-state index is 14.0. The molecule has 0 radical (unpaired) electrons. The van der Waals surface area contributed by atoms with E-state index in [0.29, 0.717) is 12.1 Å². The van der Waals surface area contributed by atoms with E-state index in [1.165, 1.54) is 10.6 Å². The first-order valence-corrected chi connectivity index (χ1v) is 7.95. The molecule has 27 heavy (non-hydrogen) atoms. The smallest absolute Gasteiger partial charge is 0.343 e. The lowest BCUT2D eigenvalue weighted by Crippen LogP contribution is -2.21. The van der Waals surface area contributed by atoms with Gasteiger partial charge < -0.3 is 9.30 Å². The summed E-state index contributed by atoms with van der Waals surface area (Å²) in [4.78, 5) is 24.5. The molecular weight excluding hydrogens is 366 g/mol. The molecule has 0 saturated carbocycles. The molecule has 0 N–H and O–H groups in total. The first-order valence-electron chi connectivity index (χ1n) is 7.95. The number of benzene rings is 2. The Kier molecular flexibility index (Phi) is 4.98. The van der Waals surface area contributed by atoms with E-state index in [1.807, 2.05) is 0 Å². The second-order valence-electron chi connectivity index (χ2n) is 5.74. The summed E-state index contributed by atoms with van der Waals surface area (Å²) in [6.45, 7) is 1.29. The largest absolute Gasteiger partial charge is 0.462 e. The van der Waals surface area contributed by atoms with Gasteiger partial charge in [0.15, 0.2) is 11.6 Å². The van der Waals surface area contributed by atoms with Gasteiger partial charge in [-0.3, -0.25) is 4.79 Å². The van der Waals surface area contributed by atoms with E-state index in [2.05, 4.69) is 0 Å². The number of ether oxygens (including phenoxy) is 1. The molecule has 8 heteroatoms. The highest BCUT2D eigenvalue weighted by atomic mass is 19.2. The van der Waals surface area contributed by atoms with Crippen LogP contribution < -0.4 is 5.43 Å². The van der Waals surface area contributed by atoms with Crippen molar-refractivity contribution in [2.24, 2.45) is 0 Å². The third-order valence-corrected chi connectivity index (χ3v) is 3.97. The molecule has 1 aromatic heterocycles. The summed E-state index contributed by atoms with van der Waals surface area (Å²) in [6, 6.07) is 4.34. The fourth-order valence-corrected chi connectivity index (χ4v) is 2.70. The Labute approximate surface area is 150 Å². The van der Waals surface area contributed by atoms with Crippen LogP contribution in [0.25, 0.3) is 10.9 Å². The molecule has 3 aromatic rings. The van der Waals surface area contributed by atoms with Crippen LogP contribution in [0.3, 0.4) is 0 Å². The zero-order valence-corrected chi connectivity index (χ0v) is 14.1. The van der Waals surface area contributed by atoms with Gasteiger partial charge >= 0.3 is 5.97 Å². The highest BCUT2D eigenvalue weighted by molar-refractivity contribution is 5.93. The van der Waals surface area contributed by atoms with Gasteiger partial charge in [0.2, 0.25) is 5.43 Å². The molecule has 4 nitrogen and oxygen atoms in total. The van der Waals surface area contributed by atoms with E-state index in [4.69, 9.17) is 4.74 Å². The zero-order chi connectivity index (χ0) is 19.7. The molecule has 0 atom stereocenters. The molecule has 0 aliphatic carbocycles. The third-order valence-electron chi connectivity index (χ3n) is 3.97. The number of fused-ring (bicyclic) bond motifs is 1. The van der Waals surface area contributed by atoms with Gasteiger partial charge in [0.05, 0.1) is 18.7 Å². The number of pyridine rings is 1. The maximum Gasteiger partial charge on any atom is 0.343 e. The van der Waals surface area contributed by atoms with Crippen LogP contribution in [0.1, 0.15) is 22.8 Å². The molecule has 0 amide bonds. The van der Waals surface area contributed by atoms with Gasteiger partial charge in [-0.15, -0.1) is 0 Å². The van der Waals surface area contributed by atoms with Gasteiger partial charge in [-0.05, 0) is 19.1 Å². The number of carbonyl (C=O) groups is 1. The summed E-state index contributed by atoms with van der Waals surface area (Å²) in [5.41, 5.74) is -1.26. The zero-order valence-electron chi connectivity index (χ0n) is 14.1. The van der Waals surface area contributed by atoms with Crippen molar-refractivity contribution >= 4 is 16.9 Å².